The van der Waals surface area contributed by atoms with Crippen LogP contribution in [0.3, 0.4) is 0 Å². The quantitative estimate of drug-likeness (QED) is 0.881. The molecule has 1 aromatic heterocycles. The zero-order valence-corrected chi connectivity index (χ0v) is 11.8. The Kier molecular flexibility index (Phi) is 4.82. The third-order valence-electron chi connectivity index (χ3n) is 2.50. The van der Waals surface area contributed by atoms with Crippen LogP contribution >= 0.6 is 11.6 Å². The molecule has 1 heterocycles. The van der Waals surface area contributed by atoms with E-state index in [0.29, 0.717) is 24.2 Å². The molecule has 0 saturated heterocycles. The molecule has 0 bridgehead atoms. The second kappa shape index (κ2) is 6.59. The van der Waals surface area contributed by atoms with Crippen LogP contribution in [-0.2, 0) is 13.2 Å². The maximum absolute atomic E-state index is 5.81. The first-order valence-electron chi connectivity index (χ1n) is 6.18. The fourth-order valence-electron chi connectivity index (χ4n) is 1.47. The Bertz CT molecular complexity index is 508. The van der Waals surface area contributed by atoms with Crippen LogP contribution in [0.2, 0.25) is 5.02 Å². The summed E-state index contributed by atoms with van der Waals surface area (Å²) in [5.41, 5.74) is 1.85. The van der Waals surface area contributed by atoms with Gasteiger partial charge in [0.2, 0.25) is 0 Å². The number of rotatable bonds is 6. The summed E-state index contributed by atoms with van der Waals surface area (Å²) in [6.07, 6.45) is 1.89. The molecule has 2 aromatic rings. The highest BCUT2D eigenvalue weighted by Gasteiger charge is 2.05. The van der Waals surface area contributed by atoms with Crippen LogP contribution in [0, 0.1) is 0 Å². The monoisotopic (exact) mass is 280 g/mol. The molecule has 0 saturated carbocycles. The van der Waals surface area contributed by atoms with Gasteiger partial charge in [-0.3, -0.25) is 0 Å². The van der Waals surface area contributed by atoms with Crippen molar-refractivity contribution in [1.82, 2.24) is 10.3 Å². The van der Waals surface area contributed by atoms with Gasteiger partial charge in [-0.25, -0.2) is 0 Å². The number of hydrogen-bond acceptors (Lipinski definition) is 4. The summed E-state index contributed by atoms with van der Waals surface area (Å²) >= 11 is 5.81. The van der Waals surface area contributed by atoms with Crippen LogP contribution in [-0.4, -0.2) is 11.0 Å². The van der Waals surface area contributed by atoms with Gasteiger partial charge in [-0.2, -0.15) is 4.98 Å². The van der Waals surface area contributed by atoms with E-state index in [1.54, 1.807) is 6.26 Å². The molecule has 1 aromatic carbocycles. The standard InChI is InChI=1S/C14H17ClN2O2/c1-10(2)16-7-13-9-19-14(17-13)18-8-11-3-5-12(15)6-4-11/h3-6,9-10,16H,7-8H2,1-2H3. The van der Waals surface area contributed by atoms with E-state index < -0.39 is 0 Å². The van der Waals surface area contributed by atoms with E-state index in [4.69, 9.17) is 20.8 Å². The maximum Gasteiger partial charge on any atom is 0.394 e. The topological polar surface area (TPSA) is 47.3 Å². The van der Waals surface area contributed by atoms with Gasteiger partial charge in [0.05, 0.1) is 5.69 Å². The summed E-state index contributed by atoms with van der Waals surface area (Å²) in [5, 5.41) is 3.97. The van der Waals surface area contributed by atoms with Crippen molar-refractivity contribution in [2.75, 3.05) is 0 Å². The summed E-state index contributed by atoms with van der Waals surface area (Å²) in [6.45, 7) is 5.25. The zero-order valence-electron chi connectivity index (χ0n) is 11.0. The van der Waals surface area contributed by atoms with Crippen molar-refractivity contribution in [3.8, 4) is 6.08 Å². The van der Waals surface area contributed by atoms with Crippen molar-refractivity contribution >= 4 is 11.6 Å². The van der Waals surface area contributed by atoms with Gasteiger partial charge in [0.1, 0.15) is 12.9 Å². The molecule has 0 radical (unpaired) electrons. The predicted octanol–water partition coefficient (Wildman–Crippen LogP) is 3.41. The average Bonchev–Trinajstić information content (AvgIpc) is 2.84. The molecule has 0 fully saturated rings. The number of ether oxygens (including phenoxy) is 1. The molecule has 0 unspecified atom stereocenters. The molecule has 0 spiro atoms. The lowest BCUT2D eigenvalue weighted by Gasteiger charge is -2.04. The summed E-state index contributed by atoms with van der Waals surface area (Å²) in [5.74, 6) is 0. The number of benzene rings is 1. The first-order valence-corrected chi connectivity index (χ1v) is 6.56. The predicted molar refractivity (Wildman–Crippen MR) is 74.3 cm³/mol. The second-order valence-corrected chi connectivity index (χ2v) is 4.99. The van der Waals surface area contributed by atoms with Gasteiger partial charge in [-0.1, -0.05) is 37.6 Å². The first-order chi connectivity index (χ1) is 9.13. The number of aromatic nitrogens is 1. The Balaban J connectivity index is 1.84. The Morgan fingerprint density at radius 3 is 2.74 bits per heavy atom. The Morgan fingerprint density at radius 1 is 1.32 bits per heavy atom. The maximum atomic E-state index is 5.81. The van der Waals surface area contributed by atoms with Gasteiger partial charge in [-0.15, -0.1) is 0 Å². The van der Waals surface area contributed by atoms with Crippen molar-refractivity contribution in [3.63, 3.8) is 0 Å². The Labute approximate surface area is 117 Å². The number of hydrogen-bond donors (Lipinski definition) is 1. The molecular weight excluding hydrogens is 264 g/mol. The SMILES string of the molecule is CC(C)NCc1coc(OCc2ccc(Cl)cc2)n1. The Hall–Kier alpha value is -1.52. The van der Waals surface area contributed by atoms with Crippen molar-refractivity contribution in [2.24, 2.45) is 0 Å². The highest BCUT2D eigenvalue weighted by atomic mass is 35.5. The van der Waals surface area contributed by atoms with Gasteiger partial charge in [-0.05, 0) is 17.7 Å². The normalized spacial score (nSPS) is 10.9. The van der Waals surface area contributed by atoms with E-state index in [9.17, 15) is 0 Å². The fourth-order valence-corrected chi connectivity index (χ4v) is 1.60. The van der Waals surface area contributed by atoms with Gasteiger partial charge in [0.25, 0.3) is 0 Å². The van der Waals surface area contributed by atoms with Crippen molar-refractivity contribution < 1.29 is 9.15 Å². The lowest BCUT2D eigenvalue weighted by molar-refractivity contribution is 0.220. The van der Waals surface area contributed by atoms with Crippen LogP contribution in [0.1, 0.15) is 25.1 Å². The lowest BCUT2D eigenvalue weighted by Crippen LogP contribution is -2.21. The number of oxazole rings is 1. The summed E-state index contributed by atoms with van der Waals surface area (Å²) in [6, 6.07) is 7.88. The van der Waals surface area contributed by atoms with Gasteiger partial charge in [0, 0.05) is 17.6 Å². The number of halogens is 1. The minimum atomic E-state index is 0.288. The van der Waals surface area contributed by atoms with E-state index in [0.717, 1.165) is 11.3 Å². The number of nitrogens with one attached hydrogen (secondary N) is 1. The van der Waals surface area contributed by atoms with E-state index in [2.05, 4.69) is 24.1 Å². The van der Waals surface area contributed by atoms with Crippen LogP contribution in [0.25, 0.3) is 0 Å². The highest BCUT2D eigenvalue weighted by Crippen LogP contribution is 2.14. The molecule has 1 N–H and O–H groups in total. The first kappa shape index (κ1) is 13.9. The molecular formula is C14H17ClN2O2. The van der Waals surface area contributed by atoms with Gasteiger partial charge in [0.15, 0.2) is 0 Å². The molecule has 0 aliphatic rings. The van der Waals surface area contributed by atoms with E-state index in [1.807, 2.05) is 24.3 Å². The fraction of sp³-hybridized carbons (Fsp3) is 0.357. The Morgan fingerprint density at radius 2 is 2.05 bits per heavy atom. The summed E-state index contributed by atoms with van der Waals surface area (Å²) in [4.78, 5) is 4.24. The zero-order chi connectivity index (χ0) is 13.7. The smallest absolute Gasteiger partial charge is 0.394 e. The van der Waals surface area contributed by atoms with E-state index >= 15 is 0 Å². The van der Waals surface area contributed by atoms with Crippen LogP contribution in [0.15, 0.2) is 34.9 Å². The lowest BCUT2D eigenvalue weighted by atomic mass is 10.2. The minimum Gasteiger partial charge on any atom is -0.445 e. The van der Waals surface area contributed by atoms with E-state index in [1.165, 1.54) is 0 Å². The third kappa shape index (κ3) is 4.58. The molecule has 0 aliphatic heterocycles. The van der Waals surface area contributed by atoms with Crippen LogP contribution in [0.4, 0.5) is 0 Å². The van der Waals surface area contributed by atoms with Crippen molar-refractivity contribution in [1.29, 1.82) is 0 Å². The van der Waals surface area contributed by atoms with Crippen molar-refractivity contribution in [2.45, 2.75) is 33.0 Å². The molecule has 0 amide bonds. The van der Waals surface area contributed by atoms with Crippen molar-refractivity contribution in [3.05, 3.63) is 46.8 Å². The molecule has 2 rings (SSSR count). The average molecular weight is 281 g/mol. The summed E-state index contributed by atoms with van der Waals surface area (Å²) < 4.78 is 10.7. The largest absolute Gasteiger partial charge is 0.445 e. The molecule has 0 atom stereocenters. The van der Waals surface area contributed by atoms with Gasteiger partial charge < -0.3 is 14.5 Å². The second-order valence-electron chi connectivity index (χ2n) is 4.56. The molecule has 4 nitrogen and oxygen atoms in total. The highest BCUT2D eigenvalue weighted by molar-refractivity contribution is 6.30. The molecule has 0 aliphatic carbocycles. The third-order valence-corrected chi connectivity index (χ3v) is 2.75. The summed E-state index contributed by atoms with van der Waals surface area (Å²) in [7, 11) is 0. The van der Waals surface area contributed by atoms with Crippen LogP contribution in [0.5, 0.6) is 6.08 Å². The van der Waals surface area contributed by atoms with E-state index in [-0.39, 0.29) is 6.08 Å². The molecule has 19 heavy (non-hydrogen) atoms. The molecule has 102 valence electrons. The number of nitrogens with zero attached hydrogens (tertiary/aromatic N) is 1. The van der Waals surface area contributed by atoms with Crippen LogP contribution < -0.4 is 10.1 Å². The van der Waals surface area contributed by atoms with Gasteiger partial charge >= 0.3 is 6.08 Å². The molecule has 5 heteroatoms. The minimum absolute atomic E-state index is 0.288.